The SMILES string of the molecule is CC(CC1CCCN1C(=O)OC(C)(C)C)Nc1cncnc1. The molecule has 1 aromatic rings. The number of carbonyl (C=O) groups excluding carboxylic acids is 1. The molecule has 0 saturated carbocycles. The smallest absolute Gasteiger partial charge is 0.410 e. The molecule has 2 rings (SSSR count). The molecule has 1 aliphatic rings. The Labute approximate surface area is 132 Å². The Balaban J connectivity index is 1.89. The molecule has 1 N–H and O–H groups in total. The molecule has 22 heavy (non-hydrogen) atoms. The molecule has 1 aliphatic heterocycles. The third-order valence-electron chi connectivity index (χ3n) is 3.60. The van der Waals surface area contributed by atoms with Gasteiger partial charge in [-0.3, -0.25) is 0 Å². The van der Waals surface area contributed by atoms with Crippen LogP contribution in [-0.2, 0) is 4.74 Å². The van der Waals surface area contributed by atoms with Gasteiger partial charge >= 0.3 is 6.09 Å². The predicted octanol–water partition coefficient (Wildman–Crippen LogP) is 3.07. The predicted molar refractivity (Wildman–Crippen MR) is 85.7 cm³/mol. The van der Waals surface area contributed by atoms with Gasteiger partial charge < -0.3 is 15.0 Å². The second-order valence-electron chi connectivity index (χ2n) is 6.88. The first kappa shape index (κ1) is 16.5. The number of nitrogens with one attached hydrogen (secondary N) is 1. The highest BCUT2D eigenvalue weighted by Crippen LogP contribution is 2.24. The highest BCUT2D eigenvalue weighted by atomic mass is 16.6. The van der Waals surface area contributed by atoms with Crippen LogP contribution >= 0.6 is 0 Å². The number of aromatic nitrogens is 2. The highest BCUT2D eigenvalue weighted by molar-refractivity contribution is 5.69. The number of amides is 1. The fraction of sp³-hybridized carbons (Fsp3) is 0.688. The van der Waals surface area contributed by atoms with Gasteiger partial charge in [0.15, 0.2) is 0 Å². The van der Waals surface area contributed by atoms with Crippen LogP contribution < -0.4 is 5.32 Å². The Morgan fingerprint density at radius 2 is 2.14 bits per heavy atom. The van der Waals surface area contributed by atoms with Crippen molar-refractivity contribution in [3.05, 3.63) is 18.7 Å². The van der Waals surface area contributed by atoms with Crippen LogP contribution in [0, 0.1) is 0 Å². The lowest BCUT2D eigenvalue weighted by atomic mass is 10.1. The molecule has 0 bridgehead atoms. The lowest BCUT2D eigenvalue weighted by Gasteiger charge is -2.30. The maximum Gasteiger partial charge on any atom is 0.410 e. The van der Waals surface area contributed by atoms with Crippen LogP contribution in [0.15, 0.2) is 18.7 Å². The Kier molecular flexibility index (Phi) is 5.21. The molecule has 2 unspecified atom stereocenters. The van der Waals surface area contributed by atoms with Gasteiger partial charge in [0.1, 0.15) is 11.9 Å². The van der Waals surface area contributed by atoms with Gasteiger partial charge in [0.25, 0.3) is 0 Å². The average Bonchev–Trinajstić information content (AvgIpc) is 2.86. The van der Waals surface area contributed by atoms with Crippen molar-refractivity contribution in [3.63, 3.8) is 0 Å². The van der Waals surface area contributed by atoms with E-state index in [4.69, 9.17) is 4.74 Å². The molecular weight excluding hydrogens is 280 g/mol. The highest BCUT2D eigenvalue weighted by Gasteiger charge is 2.32. The Morgan fingerprint density at radius 1 is 1.45 bits per heavy atom. The van der Waals surface area contributed by atoms with E-state index in [0.717, 1.165) is 31.5 Å². The maximum absolute atomic E-state index is 12.3. The van der Waals surface area contributed by atoms with Crippen molar-refractivity contribution in [2.45, 2.75) is 64.6 Å². The monoisotopic (exact) mass is 306 g/mol. The topological polar surface area (TPSA) is 67.3 Å². The van der Waals surface area contributed by atoms with E-state index in [1.54, 1.807) is 12.4 Å². The van der Waals surface area contributed by atoms with Crippen LogP contribution in [-0.4, -0.2) is 45.2 Å². The Bertz CT molecular complexity index is 487. The van der Waals surface area contributed by atoms with E-state index >= 15 is 0 Å². The van der Waals surface area contributed by atoms with E-state index in [1.807, 2.05) is 25.7 Å². The summed E-state index contributed by atoms with van der Waals surface area (Å²) in [5, 5.41) is 3.37. The van der Waals surface area contributed by atoms with Gasteiger partial charge in [-0.15, -0.1) is 0 Å². The lowest BCUT2D eigenvalue weighted by Crippen LogP contribution is -2.41. The third kappa shape index (κ3) is 4.86. The summed E-state index contributed by atoms with van der Waals surface area (Å²) >= 11 is 0. The van der Waals surface area contributed by atoms with E-state index in [2.05, 4.69) is 22.2 Å². The van der Waals surface area contributed by atoms with Crippen LogP contribution in [0.1, 0.15) is 47.0 Å². The van der Waals surface area contributed by atoms with Crippen molar-refractivity contribution in [2.75, 3.05) is 11.9 Å². The van der Waals surface area contributed by atoms with Gasteiger partial charge in [-0.05, 0) is 47.0 Å². The van der Waals surface area contributed by atoms with Gasteiger partial charge in [0, 0.05) is 18.6 Å². The molecule has 0 spiro atoms. The molecule has 6 heteroatoms. The molecule has 1 aromatic heterocycles. The van der Waals surface area contributed by atoms with E-state index in [1.165, 1.54) is 6.33 Å². The van der Waals surface area contributed by atoms with E-state index in [0.29, 0.717) is 0 Å². The van der Waals surface area contributed by atoms with Gasteiger partial charge in [-0.25, -0.2) is 14.8 Å². The molecule has 122 valence electrons. The van der Waals surface area contributed by atoms with Gasteiger partial charge in [-0.1, -0.05) is 0 Å². The Morgan fingerprint density at radius 3 is 2.77 bits per heavy atom. The van der Waals surface area contributed by atoms with Crippen molar-refractivity contribution >= 4 is 11.8 Å². The molecule has 0 aromatic carbocycles. The minimum Gasteiger partial charge on any atom is -0.444 e. The molecule has 0 aliphatic carbocycles. The summed E-state index contributed by atoms with van der Waals surface area (Å²) in [4.78, 5) is 22.1. The summed E-state index contributed by atoms with van der Waals surface area (Å²) in [7, 11) is 0. The summed E-state index contributed by atoms with van der Waals surface area (Å²) in [5.74, 6) is 0. The summed E-state index contributed by atoms with van der Waals surface area (Å²) in [6.45, 7) is 8.58. The first-order valence-electron chi connectivity index (χ1n) is 7.86. The molecule has 2 heterocycles. The number of carbonyl (C=O) groups is 1. The van der Waals surface area contributed by atoms with Crippen molar-refractivity contribution in [3.8, 4) is 0 Å². The quantitative estimate of drug-likeness (QED) is 0.926. The molecule has 1 fully saturated rings. The number of ether oxygens (including phenoxy) is 1. The zero-order chi connectivity index (χ0) is 16.2. The second kappa shape index (κ2) is 6.94. The van der Waals surface area contributed by atoms with Crippen LogP contribution in [0.3, 0.4) is 0 Å². The average molecular weight is 306 g/mol. The van der Waals surface area contributed by atoms with E-state index in [9.17, 15) is 4.79 Å². The largest absolute Gasteiger partial charge is 0.444 e. The number of hydrogen-bond donors (Lipinski definition) is 1. The maximum atomic E-state index is 12.3. The number of nitrogens with zero attached hydrogens (tertiary/aromatic N) is 3. The minimum absolute atomic E-state index is 0.203. The standard InChI is InChI=1S/C16H26N4O2/c1-12(19-13-9-17-11-18-10-13)8-14-6-5-7-20(14)15(21)22-16(2,3)4/h9-12,14,19H,5-8H2,1-4H3. The summed E-state index contributed by atoms with van der Waals surface area (Å²) in [6.07, 6.45) is 7.76. The van der Waals surface area contributed by atoms with Crippen molar-refractivity contribution < 1.29 is 9.53 Å². The van der Waals surface area contributed by atoms with Crippen LogP contribution in [0.5, 0.6) is 0 Å². The number of hydrogen-bond acceptors (Lipinski definition) is 5. The number of rotatable bonds is 4. The van der Waals surface area contributed by atoms with Crippen molar-refractivity contribution in [1.29, 1.82) is 0 Å². The summed E-state index contributed by atoms with van der Waals surface area (Å²) in [5.41, 5.74) is 0.451. The van der Waals surface area contributed by atoms with Gasteiger partial charge in [0.05, 0.1) is 18.1 Å². The van der Waals surface area contributed by atoms with E-state index < -0.39 is 5.60 Å². The minimum atomic E-state index is -0.449. The normalized spacial score (nSPS) is 19.8. The summed E-state index contributed by atoms with van der Waals surface area (Å²) < 4.78 is 5.50. The molecule has 2 atom stereocenters. The fourth-order valence-electron chi connectivity index (χ4n) is 2.77. The van der Waals surface area contributed by atoms with Crippen molar-refractivity contribution in [2.24, 2.45) is 0 Å². The van der Waals surface area contributed by atoms with E-state index in [-0.39, 0.29) is 18.2 Å². The molecule has 0 radical (unpaired) electrons. The first-order valence-corrected chi connectivity index (χ1v) is 7.86. The van der Waals surface area contributed by atoms with Gasteiger partial charge in [-0.2, -0.15) is 0 Å². The zero-order valence-electron chi connectivity index (χ0n) is 13.9. The molecule has 1 saturated heterocycles. The fourth-order valence-corrected chi connectivity index (χ4v) is 2.77. The third-order valence-corrected chi connectivity index (χ3v) is 3.60. The number of likely N-dealkylation sites (tertiary alicyclic amines) is 1. The first-order chi connectivity index (χ1) is 10.3. The van der Waals surface area contributed by atoms with Crippen LogP contribution in [0.2, 0.25) is 0 Å². The van der Waals surface area contributed by atoms with Gasteiger partial charge in [0.2, 0.25) is 0 Å². The van der Waals surface area contributed by atoms with Crippen molar-refractivity contribution in [1.82, 2.24) is 14.9 Å². The van der Waals surface area contributed by atoms with Crippen LogP contribution in [0.4, 0.5) is 10.5 Å². The Hall–Kier alpha value is -1.85. The second-order valence-corrected chi connectivity index (χ2v) is 6.88. The summed E-state index contributed by atoms with van der Waals surface area (Å²) in [6, 6.07) is 0.459. The van der Waals surface area contributed by atoms with Crippen LogP contribution in [0.25, 0.3) is 0 Å². The number of anilines is 1. The molecule has 1 amide bonds. The lowest BCUT2D eigenvalue weighted by molar-refractivity contribution is 0.0218. The molecular formula is C16H26N4O2. The molecule has 6 nitrogen and oxygen atoms in total. The zero-order valence-corrected chi connectivity index (χ0v) is 13.9.